The van der Waals surface area contributed by atoms with Crippen LogP contribution >= 0.6 is 0 Å². The molecule has 0 aromatic heterocycles. The molecule has 3 heteroatoms. The molecule has 3 nitrogen and oxygen atoms in total. The second-order valence-electron chi connectivity index (χ2n) is 5.04. The van der Waals surface area contributed by atoms with E-state index in [2.05, 4.69) is 12.2 Å². The van der Waals surface area contributed by atoms with E-state index in [1.165, 1.54) is 0 Å². The van der Waals surface area contributed by atoms with Gasteiger partial charge in [0.25, 0.3) is 0 Å². The van der Waals surface area contributed by atoms with Crippen LogP contribution in [0.4, 0.5) is 0 Å². The number of benzene rings is 2. The fourth-order valence-corrected chi connectivity index (χ4v) is 2.01. The fraction of sp³-hybridized carbons (Fsp3) is 0.150. The lowest BCUT2D eigenvalue weighted by Gasteiger charge is -2.03. The number of ether oxygens (including phenoxy) is 1. The smallest absolute Gasteiger partial charge is 0.328 e. The summed E-state index contributed by atoms with van der Waals surface area (Å²) in [4.78, 5) is 10.4. The Kier molecular flexibility index (Phi) is 6.66. The Morgan fingerprint density at radius 1 is 0.957 bits per heavy atom. The number of allylic oxidation sites excluding steroid dienone is 1. The van der Waals surface area contributed by atoms with E-state index in [1.807, 2.05) is 54.6 Å². The summed E-state index contributed by atoms with van der Waals surface area (Å²) < 4.78 is 5.63. The Hall–Kier alpha value is -2.81. The van der Waals surface area contributed by atoms with Crippen LogP contribution in [-0.4, -0.2) is 17.7 Å². The zero-order valence-corrected chi connectivity index (χ0v) is 12.9. The molecule has 0 bridgehead atoms. The number of aliphatic carboxylic acids is 1. The minimum atomic E-state index is -0.938. The molecule has 0 aliphatic rings. The van der Waals surface area contributed by atoms with Crippen molar-refractivity contribution in [2.75, 3.05) is 6.61 Å². The molecule has 2 aromatic rings. The van der Waals surface area contributed by atoms with Crippen molar-refractivity contribution in [2.24, 2.45) is 0 Å². The molecule has 0 aliphatic heterocycles. The molecule has 0 spiro atoms. The van der Waals surface area contributed by atoms with E-state index >= 15 is 0 Å². The lowest BCUT2D eigenvalue weighted by Crippen LogP contribution is -1.95. The minimum Gasteiger partial charge on any atom is -0.494 e. The van der Waals surface area contributed by atoms with Gasteiger partial charge in [-0.05, 0) is 42.2 Å². The van der Waals surface area contributed by atoms with Gasteiger partial charge in [0.2, 0.25) is 0 Å². The molecule has 0 heterocycles. The van der Waals surface area contributed by atoms with E-state index < -0.39 is 5.97 Å². The molecular weight excluding hydrogens is 288 g/mol. The van der Waals surface area contributed by atoms with Crippen LogP contribution in [0.3, 0.4) is 0 Å². The van der Waals surface area contributed by atoms with Crippen LogP contribution in [0.2, 0.25) is 0 Å². The number of para-hydroxylation sites is 1. The highest BCUT2D eigenvalue weighted by Gasteiger charge is 1.92. The number of rotatable bonds is 8. The maximum absolute atomic E-state index is 10.4. The molecule has 23 heavy (non-hydrogen) atoms. The maximum atomic E-state index is 10.4. The number of carboxylic acid groups (broad SMARTS) is 1. The average Bonchev–Trinajstić information content (AvgIpc) is 2.58. The molecule has 0 radical (unpaired) electrons. The summed E-state index contributed by atoms with van der Waals surface area (Å²) in [6.45, 7) is 0.702. The summed E-state index contributed by atoms with van der Waals surface area (Å²) in [5.41, 5.74) is 1.97. The van der Waals surface area contributed by atoms with E-state index in [0.717, 1.165) is 35.8 Å². The molecule has 118 valence electrons. The first-order chi connectivity index (χ1) is 11.2. The summed E-state index contributed by atoms with van der Waals surface area (Å²) in [6.07, 6.45) is 8.82. The Balaban J connectivity index is 1.70. The third kappa shape index (κ3) is 6.66. The molecule has 2 aromatic carbocycles. The number of hydrogen-bond donors (Lipinski definition) is 1. The molecule has 0 atom stereocenters. The predicted octanol–water partition coefficient (Wildman–Crippen LogP) is 4.66. The van der Waals surface area contributed by atoms with Gasteiger partial charge in [-0.3, -0.25) is 0 Å². The van der Waals surface area contributed by atoms with E-state index in [9.17, 15) is 4.79 Å². The van der Waals surface area contributed by atoms with Gasteiger partial charge in [0.1, 0.15) is 5.75 Å². The summed E-state index contributed by atoms with van der Waals surface area (Å²) in [6, 6.07) is 17.5. The Bertz CT molecular complexity index is 655. The standard InChI is InChI=1S/C20H20O3/c21-20(22)15-14-18-12-10-17(11-13-18)7-3-2-6-16-23-19-8-4-1-5-9-19/h1,3-5,7-15H,2,6,16H2,(H,21,22). The van der Waals surface area contributed by atoms with Crippen LogP contribution in [-0.2, 0) is 4.79 Å². The number of hydrogen-bond acceptors (Lipinski definition) is 2. The first-order valence-corrected chi connectivity index (χ1v) is 7.59. The van der Waals surface area contributed by atoms with Crippen molar-refractivity contribution >= 4 is 18.1 Å². The molecule has 0 saturated carbocycles. The molecule has 0 aliphatic carbocycles. The highest BCUT2D eigenvalue weighted by molar-refractivity contribution is 5.85. The number of unbranched alkanes of at least 4 members (excludes halogenated alkanes) is 1. The maximum Gasteiger partial charge on any atom is 0.328 e. The SMILES string of the molecule is O=C(O)C=Cc1ccc(C=CCCCOc2ccccc2)cc1. The Morgan fingerprint density at radius 3 is 2.26 bits per heavy atom. The van der Waals surface area contributed by atoms with Crippen LogP contribution in [0.25, 0.3) is 12.2 Å². The quantitative estimate of drug-likeness (QED) is 0.570. The molecule has 0 fully saturated rings. The summed E-state index contributed by atoms with van der Waals surface area (Å²) in [5, 5.41) is 8.58. The van der Waals surface area contributed by atoms with Crippen molar-refractivity contribution in [2.45, 2.75) is 12.8 Å². The van der Waals surface area contributed by atoms with Gasteiger partial charge in [-0.1, -0.05) is 54.6 Å². The van der Waals surface area contributed by atoms with Crippen molar-refractivity contribution < 1.29 is 14.6 Å². The third-order valence-corrected chi connectivity index (χ3v) is 3.19. The lowest BCUT2D eigenvalue weighted by molar-refractivity contribution is -0.131. The molecular formula is C20H20O3. The van der Waals surface area contributed by atoms with Crippen molar-refractivity contribution in [1.82, 2.24) is 0 Å². The minimum absolute atomic E-state index is 0.702. The summed E-state index contributed by atoms with van der Waals surface area (Å²) in [7, 11) is 0. The average molecular weight is 308 g/mol. The van der Waals surface area contributed by atoms with Gasteiger partial charge >= 0.3 is 5.97 Å². The predicted molar refractivity (Wildman–Crippen MR) is 93.3 cm³/mol. The normalized spacial score (nSPS) is 11.1. The zero-order chi connectivity index (χ0) is 16.3. The molecule has 0 saturated heterocycles. The van der Waals surface area contributed by atoms with Gasteiger partial charge in [-0.2, -0.15) is 0 Å². The van der Waals surface area contributed by atoms with E-state index in [1.54, 1.807) is 6.08 Å². The number of carboxylic acids is 1. The summed E-state index contributed by atoms with van der Waals surface area (Å²) >= 11 is 0. The lowest BCUT2D eigenvalue weighted by atomic mass is 10.1. The molecule has 0 unspecified atom stereocenters. The van der Waals surface area contributed by atoms with E-state index in [0.29, 0.717) is 6.61 Å². The van der Waals surface area contributed by atoms with Gasteiger partial charge in [0.15, 0.2) is 0 Å². The fourth-order valence-electron chi connectivity index (χ4n) is 2.01. The summed E-state index contributed by atoms with van der Waals surface area (Å²) in [5.74, 6) is -0.0341. The first-order valence-electron chi connectivity index (χ1n) is 7.59. The number of carbonyl (C=O) groups is 1. The van der Waals surface area contributed by atoms with E-state index in [4.69, 9.17) is 9.84 Å². The molecule has 2 rings (SSSR count). The highest BCUT2D eigenvalue weighted by Crippen LogP contribution is 2.10. The van der Waals surface area contributed by atoms with Crippen LogP contribution < -0.4 is 4.74 Å². The second-order valence-corrected chi connectivity index (χ2v) is 5.04. The van der Waals surface area contributed by atoms with Crippen molar-refractivity contribution in [3.63, 3.8) is 0 Å². The molecule has 0 amide bonds. The van der Waals surface area contributed by atoms with Crippen LogP contribution in [0.1, 0.15) is 24.0 Å². The van der Waals surface area contributed by atoms with E-state index in [-0.39, 0.29) is 0 Å². The van der Waals surface area contributed by atoms with Crippen molar-refractivity contribution in [3.05, 3.63) is 77.9 Å². The van der Waals surface area contributed by atoms with Crippen LogP contribution in [0.5, 0.6) is 5.75 Å². The van der Waals surface area contributed by atoms with Crippen molar-refractivity contribution in [3.8, 4) is 5.75 Å². The third-order valence-electron chi connectivity index (χ3n) is 3.19. The van der Waals surface area contributed by atoms with Crippen LogP contribution in [0.15, 0.2) is 66.7 Å². The van der Waals surface area contributed by atoms with Gasteiger partial charge in [0, 0.05) is 6.08 Å². The topological polar surface area (TPSA) is 46.5 Å². The highest BCUT2D eigenvalue weighted by atomic mass is 16.5. The molecule has 1 N–H and O–H groups in total. The van der Waals surface area contributed by atoms with Crippen LogP contribution in [0, 0.1) is 0 Å². The van der Waals surface area contributed by atoms with Crippen molar-refractivity contribution in [1.29, 1.82) is 0 Å². The monoisotopic (exact) mass is 308 g/mol. The largest absolute Gasteiger partial charge is 0.494 e. The Morgan fingerprint density at radius 2 is 1.61 bits per heavy atom. The van der Waals surface area contributed by atoms with Gasteiger partial charge in [-0.15, -0.1) is 0 Å². The Labute approximate surface area is 136 Å². The van der Waals surface area contributed by atoms with Gasteiger partial charge in [0.05, 0.1) is 6.61 Å². The zero-order valence-electron chi connectivity index (χ0n) is 12.9. The second kappa shape index (κ2) is 9.26. The van der Waals surface area contributed by atoms with Gasteiger partial charge < -0.3 is 9.84 Å². The first kappa shape index (κ1) is 16.6. The van der Waals surface area contributed by atoms with Gasteiger partial charge in [-0.25, -0.2) is 4.79 Å².